The number of thiophene rings is 2. The van der Waals surface area contributed by atoms with Crippen molar-refractivity contribution < 1.29 is 14.3 Å². The molecule has 3 aromatic rings. The molecule has 0 saturated carbocycles. The van der Waals surface area contributed by atoms with Gasteiger partial charge in [-0.3, -0.25) is 4.79 Å². The quantitative estimate of drug-likeness (QED) is 0.412. The minimum Gasteiger partial charge on any atom is -0.452 e. The predicted octanol–water partition coefficient (Wildman–Crippen LogP) is 4.86. The van der Waals surface area contributed by atoms with Crippen LogP contribution in [0.1, 0.15) is 20.9 Å². The van der Waals surface area contributed by atoms with E-state index >= 15 is 0 Å². The van der Waals surface area contributed by atoms with Gasteiger partial charge >= 0.3 is 5.97 Å². The van der Waals surface area contributed by atoms with Crippen LogP contribution in [0.2, 0.25) is 0 Å². The Morgan fingerprint density at radius 3 is 2.39 bits per heavy atom. The van der Waals surface area contributed by atoms with E-state index in [0.29, 0.717) is 12.1 Å². The van der Waals surface area contributed by atoms with E-state index in [4.69, 9.17) is 4.74 Å². The van der Waals surface area contributed by atoms with Gasteiger partial charge in [0, 0.05) is 23.3 Å². The molecule has 2 aromatic heterocycles. The molecule has 0 bridgehead atoms. The largest absolute Gasteiger partial charge is 0.452 e. The van der Waals surface area contributed by atoms with E-state index in [2.05, 4.69) is 0 Å². The zero-order chi connectivity index (χ0) is 19.9. The van der Waals surface area contributed by atoms with Crippen LogP contribution in [0, 0.1) is 6.92 Å². The molecule has 0 unspecified atom stereocenters. The number of hydrogen-bond donors (Lipinski definition) is 0. The molecule has 144 valence electrons. The molecule has 0 saturated heterocycles. The molecule has 0 spiro atoms. The van der Waals surface area contributed by atoms with Crippen LogP contribution in [-0.2, 0) is 20.9 Å². The van der Waals surface area contributed by atoms with Crippen LogP contribution in [0.5, 0.6) is 0 Å². The van der Waals surface area contributed by atoms with Gasteiger partial charge in [0.05, 0.1) is 5.57 Å². The molecule has 1 aromatic carbocycles. The Bertz CT molecular complexity index is 942. The normalized spacial score (nSPS) is 11.3. The van der Waals surface area contributed by atoms with Crippen LogP contribution < -0.4 is 0 Å². The minimum atomic E-state index is -0.493. The number of ether oxygens (including phenoxy) is 1. The van der Waals surface area contributed by atoms with Gasteiger partial charge in [-0.2, -0.15) is 0 Å². The Hall–Kier alpha value is -2.70. The van der Waals surface area contributed by atoms with Crippen molar-refractivity contribution in [3.63, 3.8) is 0 Å². The second-order valence-corrected chi connectivity index (χ2v) is 8.29. The first-order valence-electron chi connectivity index (χ1n) is 8.78. The second-order valence-electron chi connectivity index (χ2n) is 6.36. The summed E-state index contributed by atoms with van der Waals surface area (Å²) < 4.78 is 5.33. The molecular formula is C22H21NO3S2. The summed E-state index contributed by atoms with van der Waals surface area (Å²) in [7, 11) is 1.71. The summed E-state index contributed by atoms with van der Waals surface area (Å²) >= 11 is 3.01. The number of carbonyl (C=O) groups is 2. The Balaban J connectivity index is 1.62. The highest BCUT2D eigenvalue weighted by Crippen LogP contribution is 2.25. The fourth-order valence-electron chi connectivity index (χ4n) is 2.55. The third-order valence-electron chi connectivity index (χ3n) is 4.13. The summed E-state index contributed by atoms with van der Waals surface area (Å²) in [4.78, 5) is 28.4. The van der Waals surface area contributed by atoms with E-state index in [1.54, 1.807) is 29.4 Å². The summed E-state index contributed by atoms with van der Waals surface area (Å²) in [5.74, 6) is -0.733. The van der Waals surface area contributed by atoms with Crippen molar-refractivity contribution in [3.8, 4) is 0 Å². The number of nitrogens with zero attached hydrogens (tertiary/aromatic N) is 1. The molecule has 0 N–H and O–H groups in total. The third-order valence-corrected chi connectivity index (χ3v) is 5.85. The zero-order valence-electron chi connectivity index (χ0n) is 15.8. The van der Waals surface area contributed by atoms with Gasteiger partial charge in [0.15, 0.2) is 6.61 Å². The summed E-state index contributed by atoms with van der Waals surface area (Å²) in [6, 6.07) is 15.6. The van der Waals surface area contributed by atoms with Gasteiger partial charge in [-0.05, 0) is 41.5 Å². The van der Waals surface area contributed by atoms with Crippen molar-refractivity contribution in [2.24, 2.45) is 0 Å². The van der Waals surface area contributed by atoms with E-state index in [-0.39, 0.29) is 12.5 Å². The first-order chi connectivity index (χ1) is 13.5. The van der Waals surface area contributed by atoms with Crippen LogP contribution in [0.25, 0.3) is 11.6 Å². The van der Waals surface area contributed by atoms with E-state index in [1.807, 2.05) is 66.2 Å². The monoisotopic (exact) mass is 411 g/mol. The van der Waals surface area contributed by atoms with Crippen LogP contribution in [0.3, 0.4) is 0 Å². The first-order valence-corrected chi connectivity index (χ1v) is 10.5. The van der Waals surface area contributed by atoms with Crippen LogP contribution >= 0.6 is 22.7 Å². The standard InChI is InChI=1S/C22H21NO3S2/c1-16-7-9-17(10-8-16)14-23(2)21(24)15-26-22(25)19(20-6-4-12-28-20)13-18-5-3-11-27-18/h3-13H,14-15H2,1-2H3/b19-13+. The van der Waals surface area contributed by atoms with Gasteiger partial charge in [0.2, 0.25) is 0 Å². The summed E-state index contributed by atoms with van der Waals surface area (Å²) in [5.41, 5.74) is 2.67. The van der Waals surface area contributed by atoms with Crippen molar-refractivity contribution in [2.45, 2.75) is 13.5 Å². The van der Waals surface area contributed by atoms with Crippen molar-refractivity contribution >= 4 is 46.2 Å². The van der Waals surface area contributed by atoms with E-state index in [1.165, 1.54) is 16.9 Å². The molecule has 2 heterocycles. The number of hydrogen-bond acceptors (Lipinski definition) is 5. The third kappa shape index (κ3) is 5.41. The van der Waals surface area contributed by atoms with Gasteiger partial charge in [-0.25, -0.2) is 4.79 Å². The lowest BCUT2D eigenvalue weighted by Crippen LogP contribution is -2.30. The minimum absolute atomic E-state index is 0.240. The van der Waals surface area contributed by atoms with Crippen LogP contribution in [0.15, 0.2) is 59.3 Å². The number of carbonyl (C=O) groups excluding carboxylic acids is 2. The molecule has 1 amide bonds. The highest BCUT2D eigenvalue weighted by atomic mass is 32.1. The Labute approximate surface area is 172 Å². The first kappa shape index (κ1) is 20.0. The molecule has 0 aliphatic carbocycles. The number of aryl methyl sites for hydroxylation is 1. The van der Waals surface area contributed by atoms with Crippen LogP contribution in [0.4, 0.5) is 0 Å². The van der Waals surface area contributed by atoms with Crippen LogP contribution in [-0.4, -0.2) is 30.4 Å². The fourth-order valence-corrected chi connectivity index (χ4v) is 3.94. The van der Waals surface area contributed by atoms with Crippen molar-refractivity contribution in [3.05, 3.63) is 80.2 Å². The number of esters is 1. The molecule has 0 aliphatic rings. The van der Waals surface area contributed by atoms with Gasteiger partial charge in [0.1, 0.15) is 0 Å². The maximum atomic E-state index is 12.6. The van der Waals surface area contributed by atoms with Gasteiger partial charge in [-0.15, -0.1) is 22.7 Å². The number of likely N-dealkylation sites (N-methyl/N-ethyl adjacent to an activating group) is 1. The second kappa shape index (κ2) is 9.48. The maximum absolute atomic E-state index is 12.6. The van der Waals surface area contributed by atoms with Gasteiger partial charge in [0.25, 0.3) is 5.91 Å². The highest BCUT2D eigenvalue weighted by molar-refractivity contribution is 7.12. The summed E-state index contributed by atoms with van der Waals surface area (Å²) in [6.45, 7) is 2.21. The molecule has 0 radical (unpaired) electrons. The fraction of sp³-hybridized carbons (Fsp3) is 0.182. The maximum Gasteiger partial charge on any atom is 0.340 e. The van der Waals surface area contributed by atoms with Gasteiger partial charge in [-0.1, -0.05) is 42.0 Å². The smallest absolute Gasteiger partial charge is 0.340 e. The predicted molar refractivity (Wildman–Crippen MR) is 115 cm³/mol. The molecule has 6 heteroatoms. The lowest BCUT2D eigenvalue weighted by atomic mass is 10.1. The average Bonchev–Trinajstić information content (AvgIpc) is 3.39. The summed E-state index contributed by atoms with van der Waals surface area (Å²) in [6.07, 6.45) is 1.80. The van der Waals surface area contributed by atoms with Crippen molar-refractivity contribution in [1.82, 2.24) is 4.90 Å². The van der Waals surface area contributed by atoms with E-state index in [0.717, 1.165) is 15.3 Å². The van der Waals surface area contributed by atoms with Crippen molar-refractivity contribution in [2.75, 3.05) is 13.7 Å². The topological polar surface area (TPSA) is 46.6 Å². The number of benzene rings is 1. The Morgan fingerprint density at radius 1 is 1.04 bits per heavy atom. The van der Waals surface area contributed by atoms with Crippen molar-refractivity contribution in [1.29, 1.82) is 0 Å². The SMILES string of the molecule is Cc1ccc(CN(C)C(=O)COC(=O)/C(=C/c2cccs2)c2cccs2)cc1. The molecule has 4 nitrogen and oxygen atoms in total. The molecule has 0 fully saturated rings. The lowest BCUT2D eigenvalue weighted by Gasteiger charge is -2.17. The zero-order valence-corrected chi connectivity index (χ0v) is 17.4. The Kier molecular flexibility index (Phi) is 6.79. The summed E-state index contributed by atoms with van der Waals surface area (Å²) in [5, 5.41) is 3.86. The molecule has 3 rings (SSSR count). The molecule has 28 heavy (non-hydrogen) atoms. The van der Waals surface area contributed by atoms with Gasteiger partial charge < -0.3 is 9.64 Å². The molecule has 0 atom stereocenters. The lowest BCUT2D eigenvalue weighted by molar-refractivity contribution is -0.147. The van der Waals surface area contributed by atoms with E-state index < -0.39 is 5.97 Å². The number of rotatable bonds is 7. The molecular weight excluding hydrogens is 390 g/mol. The van der Waals surface area contributed by atoms with E-state index in [9.17, 15) is 9.59 Å². The molecule has 0 aliphatic heterocycles. The highest BCUT2D eigenvalue weighted by Gasteiger charge is 2.18. The average molecular weight is 412 g/mol. The Morgan fingerprint density at radius 2 is 1.75 bits per heavy atom. The number of amides is 1.